The number of fused-ring (bicyclic) bond motifs is 3. The van der Waals surface area contributed by atoms with Gasteiger partial charge in [0, 0.05) is 9.13 Å². The Balaban J connectivity index is 1.73. The van der Waals surface area contributed by atoms with Crippen LogP contribution in [0.4, 0.5) is 0 Å². The van der Waals surface area contributed by atoms with E-state index in [1.165, 1.54) is 48.1 Å². The summed E-state index contributed by atoms with van der Waals surface area (Å²) in [4.78, 5) is 0. The fourth-order valence-electron chi connectivity index (χ4n) is 5.57. The van der Waals surface area contributed by atoms with Crippen LogP contribution in [0.25, 0.3) is 11.1 Å². The van der Waals surface area contributed by atoms with Crippen molar-refractivity contribution in [2.24, 2.45) is 0 Å². The van der Waals surface area contributed by atoms with Crippen molar-refractivity contribution in [1.82, 2.24) is 0 Å². The van der Waals surface area contributed by atoms with Crippen LogP contribution >= 0.6 is 22.6 Å². The van der Waals surface area contributed by atoms with E-state index < -0.39 is 0 Å². The van der Waals surface area contributed by atoms with Gasteiger partial charge in [0.1, 0.15) is 0 Å². The molecule has 0 nitrogen and oxygen atoms in total. The van der Waals surface area contributed by atoms with Crippen LogP contribution in [-0.2, 0) is 11.8 Å². The molecular formula is C32H23I. The second-order valence-electron chi connectivity index (χ2n) is 8.65. The van der Waals surface area contributed by atoms with Gasteiger partial charge < -0.3 is 0 Å². The second kappa shape index (κ2) is 8.31. The molecule has 0 amide bonds. The van der Waals surface area contributed by atoms with Crippen LogP contribution in [0.2, 0.25) is 0 Å². The fourth-order valence-corrected chi connectivity index (χ4v) is 6.34. The minimum absolute atomic E-state index is 0.332. The van der Waals surface area contributed by atoms with Crippen LogP contribution in [0.15, 0.2) is 127 Å². The van der Waals surface area contributed by atoms with E-state index in [0.29, 0.717) is 0 Å². The van der Waals surface area contributed by atoms with Crippen molar-refractivity contribution in [3.8, 4) is 11.1 Å². The minimum Gasteiger partial charge on any atom is -0.0622 e. The molecule has 5 aromatic rings. The van der Waals surface area contributed by atoms with E-state index in [1.807, 2.05) is 0 Å². The first-order valence-electron chi connectivity index (χ1n) is 11.4. The van der Waals surface area contributed by atoms with Gasteiger partial charge in [0.25, 0.3) is 0 Å². The van der Waals surface area contributed by atoms with Crippen LogP contribution in [0.3, 0.4) is 0 Å². The summed E-state index contributed by atoms with van der Waals surface area (Å²) in [6.45, 7) is 0. The minimum atomic E-state index is -0.332. The molecule has 0 bridgehead atoms. The Kier molecular flexibility index (Phi) is 5.15. The summed E-state index contributed by atoms with van der Waals surface area (Å²) in [6.07, 6.45) is 0.925. The molecule has 5 aromatic carbocycles. The third-order valence-corrected chi connectivity index (χ3v) is 7.77. The molecule has 0 heterocycles. The van der Waals surface area contributed by atoms with Gasteiger partial charge in [0.05, 0.1) is 5.41 Å². The van der Waals surface area contributed by atoms with E-state index in [-0.39, 0.29) is 5.41 Å². The van der Waals surface area contributed by atoms with Crippen molar-refractivity contribution in [2.45, 2.75) is 11.8 Å². The Labute approximate surface area is 209 Å². The van der Waals surface area contributed by atoms with Crippen molar-refractivity contribution in [2.75, 3.05) is 0 Å². The molecule has 0 fully saturated rings. The maximum absolute atomic E-state index is 2.53. The van der Waals surface area contributed by atoms with Crippen LogP contribution in [0.1, 0.15) is 33.4 Å². The van der Waals surface area contributed by atoms with Crippen molar-refractivity contribution in [3.63, 3.8) is 0 Å². The molecule has 158 valence electrons. The summed E-state index contributed by atoms with van der Waals surface area (Å²) in [7, 11) is 0. The molecule has 0 aliphatic heterocycles. The second-order valence-corrected chi connectivity index (χ2v) is 9.81. The normalized spacial score (nSPS) is 13.4. The van der Waals surface area contributed by atoms with E-state index in [9.17, 15) is 0 Å². The maximum Gasteiger partial charge on any atom is 0.0714 e. The highest BCUT2D eigenvalue weighted by atomic mass is 127. The fraction of sp³-hybridized carbons (Fsp3) is 0.0625. The van der Waals surface area contributed by atoms with E-state index in [4.69, 9.17) is 0 Å². The Morgan fingerprint density at radius 2 is 1.00 bits per heavy atom. The van der Waals surface area contributed by atoms with E-state index in [2.05, 4.69) is 150 Å². The van der Waals surface area contributed by atoms with Gasteiger partial charge in [-0.15, -0.1) is 0 Å². The number of rotatable bonds is 4. The zero-order chi connectivity index (χ0) is 22.3. The van der Waals surface area contributed by atoms with Crippen LogP contribution < -0.4 is 0 Å². The lowest BCUT2D eigenvalue weighted by molar-refractivity contribution is 0.767. The molecule has 0 radical (unpaired) electrons. The van der Waals surface area contributed by atoms with Crippen molar-refractivity contribution in [1.29, 1.82) is 0 Å². The highest BCUT2D eigenvalue weighted by Gasteiger charge is 2.47. The summed E-state index contributed by atoms with van der Waals surface area (Å²) >= 11 is 2.53. The van der Waals surface area contributed by atoms with Gasteiger partial charge in [-0.05, 0) is 74.0 Å². The van der Waals surface area contributed by atoms with Crippen molar-refractivity contribution < 1.29 is 0 Å². The largest absolute Gasteiger partial charge is 0.0714 e. The lowest BCUT2D eigenvalue weighted by Crippen LogP contribution is -2.28. The summed E-state index contributed by atoms with van der Waals surface area (Å²) < 4.78 is 1.31. The van der Waals surface area contributed by atoms with Gasteiger partial charge in [-0.1, -0.05) is 121 Å². The average Bonchev–Trinajstić information content (AvgIpc) is 3.19. The van der Waals surface area contributed by atoms with Gasteiger partial charge >= 0.3 is 0 Å². The summed E-state index contributed by atoms with van der Waals surface area (Å²) in [5, 5.41) is 0. The molecule has 0 saturated heterocycles. The molecule has 0 atom stereocenters. The van der Waals surface area contributed by atoms with Gasteiger partial charge in [0.15, 0.2) is 0 Å². The quantitative estimate of drug-likeness (QED) is 0.200. The summed E-state index contributed by atoms with van der Waals surface area (Å²) in [5.74, 6) is 0. The van der Waals surface area contributed by atoms with Crippen molar-refractivity contribution in [3.05, 3.63) is 164 Å². The smallest absolute Gasteiger partial charge is 0.0622 e. The van der Waals surface area contributed by atoms with E-state index in [0.717, 1.165) is 6.42 Å². The Bertz CT molecular complexity index is 1380. The Morgan fingerprint density at radius 3 is 1.61 bits per heavy atom. The monoisotopic (exact) mass is 534 g/mol. The maximum atomic E-state index is 2.53. The Hall–Kier alpha value is -3.17. The first-order valence-corrected chi connectivity index (χ1v) is 12.4. The summed E-state index contributed by atoms with van der Waals surface area (Å²) in [5.41, 5.74) is 10.6. The van der Waals surface area contributed by atoms with Gasteiger partial charge in [-0.3, -0.25) is 0 Å². The molecule has 1 aliphatic carbocycles. The number of hydrogen-bond acceptors (Lipinski definition) is 0. The van der Waals surface area contributed by atoms with Crippen LogP contribution in [0.5, 0.6) is 0 Å². The van der Waals surface area contributed by atoms with Gasteiger partial charge in [-0.2, -0.15) is 0 Å². The third kappa shape index (κ3) is 3.18. The number of halogens is 1. The number of hydrogen-bond donors (Lipinski definition) is 0. The molecule has 1 heteroatoms. The predicted octanol–water partition coefficient (Wildman–Crippen LogP) is 8.25. The third-order valence-electron chi connectivity index (χ3n) is 6.87. The first-order chi connectivity index (χ1) is 16.3. The van der Waals surface area contributed by atoms with Gasteiger partial charge in [0.2, 0.25) is 0 Å². The predicted molar refractivity (Wildman–Crippen MR) is 146 cm³/mol. The lowest BCUT2D eigenvalue weighted by Gasteiger charge is -2.34. The van der Waals surface area contributed by atoms with Crippen molar-refractivity contribution >= 4 is 22.6 Å². The standard InChI is InChI=1S/C32H23I/c33-29-21-11-20-28-31(29)30-24(22-23-12-4-1-5-13-23)14-10-19-27(30)32(28,25-15-6-2-7-16-25)26-17-8-3-9-18-26/h1-21H,22H2. The van der Waals surface area contributed by atoms with E-state index >= 15 is 0 Å². The average molecular weight is 534 g/mol. The molecule has 33 heavy (non-hydrogen) atoms. The van der Waals surface area contributed by atoms with Crippen LogP contribution in [0, 0.1) is 3.57 Å². The molecule has 0 unspecified atom stereocenters. The molecule has 0 saturated carbocycles. The van der Waals surface area contributed by atoms with Crippen LogP contribution in [-0.4, -0.2) is 0 Å². The zero-order valence-electron chi connectivity index (χ0n) is 18.2. The highest BCUT2D eigenvalue weighted by Crippen LogP contribution is 2.58. The molecule has 0 spiro atoms. The highest BCUT2D eigenvalue weighted by molar-refractivity contribution is 14.1. The molecule has 0 aromatic heterocycles. The lowest BCUT2D eigenvalue weighted by atomic mass is 9.67. The molecule has 6 rings (SSSR count). The Morgan fingerprint density at radius 1 is 0.485 bits per heavy atom. The topological polar surface area (TPSA) is 0 Å². The SMILES string of the molecule is Ic1cccc2c1-c1c(Cc3ccccc3)cccc1C2(c1ccccc1)c1ccccc1. The van der Waals surface area contributed by atoms with E-state index in [1.54, 1.807) is 0 Å². The molecular weight excluding hydrogens is 511 g/mol. The molecule has 1 aliphatic rings. The van der Waals surface area contributed by atoms with Gasteiger partial charge in [-0.25, -0.2) is 0 Å². The molecule has 0 N–H and O–H groups in total. The summed E-state index contributed by atoms with van der Waals surface area (Å²) in [6, 6.07) is 46.5. The number of benzene rings is 5. The first kappa shape index (κ1) is 20.4. The zero-order valence-corrected chi connectivity index (χ0v) is 20.4.